The second-order valence-corrected chi connectivity index (χ2v) is 4.20. The molecule has 2 aliphatic rings. The first kappa shape index (κ1) is 24.1. The van der Waals surface area contributed by atoms with E-state index in [0.29, 0.717) is 0 Å². The van der Waals surface area contributed by atoms with Gasteiger partial charge in [0.05, 0.1) is 0 Å². The van der Waals surface area contributed by atoms with Crippen LogP contribution in [0.25, 0.3) is 0 Å². The fraction of sp³-hybridized carbons (Fsp3) is 0.500. The van der Waals surface area contributed by atoms with Crippen LogP contribution in [0, 0.1) is 51.4 Å². The van der Waals surface area contributed by atoms with Gasteiger partial charge in [0.25, 0.3) is 0 Å². The Morgan fingerprint density at radius 3 is 0.550 bits per heavy atom. The summed E-state index contributed by atoms with van der Waals surface area (Å²) in [5.74, 6) is 0. The molecule has 8 radical (unpaired) electrons. The van der Waals surface area contributed by atoms with Crippen molar-refractivity contribution in [1.82, 2.24) is 0 Å². The summed E-state index contributed by atoms with van der Waals surface area (Å²) in [5.41, 5.74) is 0. The molecule has 0 spiro atoms. The SMILES string of the molecule is [CH]1[CH]CC[CH][CH]CC1.[CH]1[CH]CC[CH][CH]CC1.[Cl][Ru].[Cl][Ru]. The zero-order valence-corrected chi connectivity index (χ0v) is 16.7. The molecule has 0 N–H and O–H groups in total. The van der Waals surface area contributed by atoms with Gasteiger partial charge >= 0.3 is 54.0 Å². The molecule has 0 unspecified atom stereocenters. The molecular weight excluding hydrogens is 465 g/mol. The van der Waals surface area contributed by atoms with Crippen molar-refractivity contribution >= 4 is 19.4 Å². The van der Waals surface area contributed by atoms with Crippen LogP contribution in [0.15, 0.2) is 0 Å². The molecule has 2 saturated carbocycles. The summed E-state index contributed by atoms with van der Waals surface area (Å²) in [6.45, 7) is 0. The fourth-order valence-electron chi connectivity index (χ4n) is 1.71. The summed E-state index contributed by atoms with van der Waals surface area (Å²) in [7, 11) is 9.14. The first-order chi connectivity index (χ1) is 10.0. The van der Waals surface area contributed by atoms with Gasteiger partial charge in [-0.25, -0.2) is 0 Å². The van der Waals surface area contributed by atoms with E-state index in [2.05, 4.69) is 70.7 Å². The van der Waals surface area contributed by atoms with Gasteiger partial charge in [-0.15, -0.1) is 0 Å². The average molecular weight is 489 g/mol. The van der Waals surface area contributed by atoms with Gasteiger partial charge in [-0.2, -0.15) is 0 Å². The third kappa shape index (κ3) is 22.1. The van der Waals surface area contributed by atoms with Gasteiger partial charge in [-0.1, -0.05) is 0 Å². The summed E-state index contributed by atoms with van der Waals surface area (Å²) in [6, 6.07) is 0. The monoisotopic (exact) mass is 490 g/mol. The standard InChI is InChI=1S/2C8H12.2ClH.2Ru/c2*1-2-4-6-8-7-5-3-1;;;;/h2*1-2,7-8H,3-6H2;2*1H;;/q;;;;2*+1/p-2. The summed E-state index contributed by atoms with van der Waals surface area (Å²) >= 11 is 3.64. The number of halogens is 2. The molecule has 0 nitrogen and oxygen atoms in total. The van der Waals surface area contributed by atoms with E-state index in [1.165, 1.54) is 51.4 Å². The van der Waals surface area contributed by atoms with Crippen LogP contribution in [-0.4, -0.2) is 0 Å². The summed E-state index contributed by atoms with van der Waals surface area (Å²) in [5, 5.41) is 0. The molecule has 0 bridgehead atoms. The second-order valence-electron chi connectivity index (χ2n) is 4.20. The minimum atomic E-state index is 1.23. The molecule has 4 heteroatoms. The van der Waals surface area contributed by atoms with E-state index in [4.69, 9.17) is 0 Å². The normalized spacial score (nSPS) is 19.8. The molecule has 2 rings (SSSR count). The molecule has 0 atom stereocenters. The third-order valence-electron chi connectivity index (χ3n) is 2.67. The molecule has 0 saturated heterocycles. The van der Waals surface area contributed by atoms with Crippen LogP contribution in [0.3, 0.4) is 0 Å². The number of hydrogen-bond acceptors (Lipinski definition) is 0. The summed E-state index contributed by atoms with van der Waals surface area (Å²) in [6.07, 6.45) is 28.0. The predicted octanol–water partition coefficient (Wildman–Crippen LogP) is 6.13. The minimum absolute atomic E-state index is 1.23. The Morgan fingerprint density at radius 2 is 0.450 bits per heavy atom. The van der Waals surface area contributed by atoms with Crippen molar-refractivity contribution in [2.24, 2.45) is 0 Å². The molecule has 0 aliphatic heterocycles. The maximum absolute atomic E-state index is 4.57. The predicted molar refractivity (Wildman–Crippen MR) is 83.0 cm³/mol. The van der Waals surface area contributed by atoms with Crippen molar-refractivity contribution in [3.8, 4) is 0 Å². The van der Waals surface area contributed by atoms with E-state index < -0.39 is 0 Å². The Labute approximate surface area is 156 Å². The Morgan fingerprint density at radius 1 is 0.350 bits per heavy atom. The molecule has 2 fully saturated rings. The molecule has 0 aromatic carbocycles. The van der Waals surface area contributed by atoms with Gasteiger partial charge in [-0.05, 0) is 103 Å². The fourth-order valence-corrected chi connectivity index (χ4v) is 1.71. The van der Waals surface area contributed by atoms with Gasteiger partial charge in [0.2, 0.25) is 0 Å². The topological polar surface area (TPSA) is 0 Å². The van der Waals surface area contributed by atoms with E-state index >= 15 is 0 Å². The van der Waals surface area contributed by atoms with Gasteiger partial charge < -0.3 is 0 Å². The van der Waals surface area contributed by atoms with Crippen LogP contribution < -0.4 is 0 Å². The molecule has 0 amide bonds. The third-order valence-corrected chi connectivity index (χ3v) is 2.67. The van der Waals surface area contributed by atoms with E-state index in [0.717, 1.165) is 0 Å². The Kier molecular flexibility index (Phi) is 31.0. The quantitative estimate of drug-likeness (QED) is 0.359. The molecule has 0 heterocycles. The van der Waals surface area contributed by atoms with Crippen molar-refractivity contribution in [3.63, 3.8) is 0 Å². The molecule has 20 heavy (non-hydrogen) atoms. The van der Waals surface area contributed by atoms with E-state index in [9.17, 15) is 0 Å². The van der Waals surface area contributed by atoms with Crippen molar-refractivity contribution < 1.29 is 34.6 Å². The van der Waals surface area contributed by atoms with Gasteiger partial charge in [0.15, 0.2) is 0 Å². The Hall–Kier alpha value is 1.83. The molecule has 118 valence electrons. The Bertz CT molecular complexity index is 82.4. The average Bonchev–Trinajstić information content (AvgIpc) is 2.42. The molecular formula is C16H24Cl2Ru2. The van der Waals surface area contributed by atoms with Crippen LogP contribution in [-0.2, 0) is 34.6 Å². The Balaban J connectivity index is 0. The number of hydrogen-bond donors (Lipinski definition) is 0. The van der Waals surface area contributed by atoms with Crippen molar-refractivity contribution in [2.75, 3.05) is 0 Å². The van der Waals surface area contributed by atoms with E-state index in [1.54, 1.807) is 0 Å². The van der Waals surface area contributed by atoms with E-state index in [1.807, 2.05) is 34.6 Å². The molecule has 0 aromatic heterocycles. The van der Waals surface area contributed by atoms with Gasteiger partial charge in [0.1, 0.15) is 0 Å². The maximum atomic E-state index is 4.57. The van der Waals surface area contributed by atoms with Crippen LogP contribution in [0.4, 0.5) is 0 Å². The van der Waals surface area contributed by atoms with E-state index in [-0.39, 0.29) is 0 Å². The zero-order valence-electron chi connectivity index (χ0n) is 11.7. The van der Waals surface area contributed by atoms with Crippen LogP contribution in [0.1, 0.15) is 51.4 Å². The first-order valence-electron chi connectivity index (χ1n) is 6.87. The summed E-state index contributed by atoms with van der Waals surface area (Å²) < 4.78 is 0. The first-order valence-corrected chi connectivity index (χ1v) is 11.3. The van der Waals surface area contributed by atoms with Crippen LogP contribution in [0.2, 0.25) is 0 Å². The van der Waals surface area contributed by atoms with Crippen molar-refractivity contribution in [2.45, 2.75) is 51.4 Å². The summed E-state index contributed by atoms with van der Waals surface area (Å²) in [4.78, 5) is 0. The van der Waals surface area contributed by atoms with Gasteiger partial charge in [-0.3, -0.25) is 0 Å². The van der Waals surface area contributed by atoms with Crippen molar-refractivity contribution in [1.29, 1.82) is 0 Å². The van der Waals surface area contributed by atoms with Crippen LogP contribution >= 0.6 is 19.4 Å². The van der Waals surface area contributed by atoms with Crippen LogP contribution in [0.5, 0.6) is 0 Å². The number of rotatable bonds is 0. The zero-order chi connectivity index (χ0) is 15.3. The second kappa shape index (κ2) is 25.8. The van der Waals surface area contributed by atoms with Crippen molar-refractivity contribution in [3.05, 3.63) is 51.4 Å². The van der Waals surface area contributed by atoms with Gasteiger partial charge in [0, 0.05) is 0 Å². The molecule has 2 aliphatic carbocycles. The molecule has 0 aromatic rings.